The van der Waals surface area contributed by atoms with E-state index < -0.39 is 0 Å². The first-order chi connectivity index (χ1) is 6.26. The van der Waals surface area contributed by atoms with Crippen LogP contribution in [0.1, 0.15) is 32.6 Å². The van der Waals surface area contributed by atoms with Gasteiger partial charge in [-0.2, -0.15) is 5.26 Å². The molecular weight excluding hydrogens is 160 g/mol. The van der Waals surface area contributed by atoms with Crippen molar-refractivity contribution in [3.8, 4) is 6.07 Å². The largest absolute Gasteiger partial charge is 0.306 e. The lowest BCUT2D eigenvalue weighted by molar-refractivity contribution is 0.202. The molecule has 1 fully saturated rings. The minimum atomic E-state index is 0.299. The number of nitriles is 1. The van der Waals surface area contributed by atoms with Gasteiger partial charge in [0.15, 0.2) is 0 Å². The monoisotopic (exact) mass is 180 g/mol. The summed E-state index contributed by atoms with van der Waals surface area (Å²) in [6, 6.07) is 2.40. The van der Waals surface area contributed by atoms with Gasteiger partial charge in [0.05, 0.1) is 6.07 Å². The first-order valence-corrected chi connectivity index (χ1v) is 5.34. The third-order valence-corrected chi connectivity index (χ3v) is 3.13. The Bertz CT molecular complexity index is 175. The predicted molar refractivity (Wildman–Crippen MR) is 54.2 cm³/mol. The van der Waals surface area contributed by atoms with Crippen molar-refractivity contribution < 1.29 is 0 Å². The fourth-order valence-corrected chi connectivity index (χ4v) is 2.01. The molecular formula is C11H20N2. The summed E-state index contributed by atoms with van der Waals surface area (Å²) < 4.78 is 0. The number of hydrogen-bond donors (Lipinski definition) is 0. The lowest BCUT2D eigenvalue weighted by Gasteiger charge is -2.29. The van der Waals surface area contributed by atoms with Crippen molar-refractivity contribution in [3.05, 3.63) is 0 Å². The molecule has 1 saturated heterocycles. The van der Waals surface area contributed by atoms with Crippen molar-refractivity contribution in [1.82, 2.24) is 4.90 Å². The van der Waals surface area contributed by atoms with Gasteiger partial charge in [0, 0.05) is 5.92 Å². The van der Waals surface area contributed by atoms with Crippen LogP contribution in [0.4, 0.5) is 0 Å². The summed E-state index contributed by atoms with van der Waals surface area (Å²) >= 11 is 0. The van der Waals surface area contributed by atoms with E-state index in [1.165, 1.54) is 25.9 Å². The molecule has 1 aliphatic heterocycles. The molecule has 0 aromatic heterocycles. The Balaban J connectivity index is 2.26. The highest BCUT2D eigenvalue weighted by Crippen LogP contribution is 2.24. The van der Waals surface area contributed by atoms with E-state index in [1.807, 2.05) is 0 Å². The van der Waals surface area contributed by atoms with E-state index in [9.17, 15) is 0 Å². The van der Waals surface area contributed by atoms with Gasteiger partial charge in [-0.3, -0.25) is 0 Å². The molecule has 1 unspecified atom stereocenters. The Morgan fingerprint density at radius 2 is 2.08 bits per heavy atom. The van der Waals surface area contributed by atoms with Gasteiger partial charge in [-0.05, 0) is 51.7 Å². The van der Waals surface area contributed by atoms with Crippen LogP contribution in [0.2, 0.25) is 0 Å². The second-order valence-electron chi connectivity index (χ2n) is 4.22. The maximum atomic E-state index is 8.85. The van der Waals surface area contributed by atoms with Crippen LogP contribution in [0, 0.1) is 23.2 Å². The van der Waals surface area contributed by atoms with E-state index in [4.69, 9.17) is 5.26 Å². The van der Waals surface area contributed by atoms with Gasteiger partial charge >= 0.3 is 0 Å². The topological polar surface area (TPSA) is 27.0 Å². The molecule has 0 bridgehead atoms. The molecule has 0 amide bonds. The SMILES string of the molecule is CCC(C#N)CC1CCN(C)CC1. The summed E-state index contributed by atoms with van der Waals surface area (Å²) in [6.45, 7) is 4.54. The molecule has 0 aromatic carbocycles. The maximum absolute atomic E-state index is 8.85. The van der Waals surface area contributed by atoms with Gasteiger partial charge < -0.3 is 4.90 Å². The van der Waals surface area contributed by atoms with Crippen LogP contribution in [0.15, 0.2) is 0 Å². The van der Waals surface area contributed by atoms with E-state index >= 15 is 0 Å². The molecule has 0 aliphatic carbocycles. The highest BCUT2D eigenvalue weighted by Gasteiger charge is 2.19. The smallest absolute Gasteiger partial charge is 0.0655 e. The van der Waals surface area contributed by atoms with Crippen LogP contribution in [0.25, 0.3) is 0 Å². The normalized spacial score (nSPS) is 22.5. The zero-order chi connectivity index (χ0) is 9.68. The van der Waals surface area contributed by atoms with Crippen molar-refractivity contribution in [2.45, 2.75) is 32.6 Å². The Labute approximate surface area is 81.5 Å². The molecule has 74 valence electrons. The van der Waals surface area contributed by atoms with Crippen LogP contribution in [0.5, 0.6) is 0 Å². The van der Waals surface area contributed by atoms with Crippen LogP contribution < -0.4 is 0 Å². The zero-order valence-corrected chi connectivity index (χ0v) is 8.79. The molecule has 0 spiro atoms. The van der Waals surface area contributed by atoms with E-state index in [0.717, 1.165) is 18.8 Å². The van der Waals surface area contributed by atoms with Gasteiger partial charge in [0.2, 0.25) is 0 Å². The minimum absolute atomic E-state index is 0.299. The second-order valence-corrected chi connectivity index (χ2v) is 4.22. The molecule has 2 heteroatoms. The van der Waals surface area contributed by atoms with E-state index in [2.05, 4.69) is 24.9 Å². The Morgan fingerprint density at radius 1 is 1.46 bits per heavy atom. The molecule has 13 heavy (non-hydrogen) atoms. The predicted octanol–water partition coefficient (Wildman–Crippen LogP) is 2.27. The van der Waals surface area contributed by atoms with Crippen molar-refractivity contribution in [2.24, 2.45) is 11.8 Å². The van der Waals surface area contributed by atoms with Gasteiger partial charge in [-0.15, -0.1) is 0 Å². The standard InChI is InChI=1S/C11H20N2/c1-3-10(9-12)8-11-4-6-13(2)7-5-11/h10-11H,3-8H2,1-2H3. The molecule has 1 aliphatic rings. The van der Waals surface area contributed by atoms with Crippen molar-refractivity contribution in [2.75, 3.05) is 20.1 Å². The summed E-state index contributed by atoms with van der Waals surface area (Å²) in [7, 11) is 2.18. The quantitative estimate of drug-likeness (QED) is 0.666. The molecule has 0 N–H and O–H groups in total. The van der Waals surface area contributed by atoms with Gasteiger partial charge in [-0.25, -0.2) is 0 Å². The number of likely N-dealkylation sites (tertiary alicyclic amines) is 1. The second kappa shape index (κ2) is 5.24. The van der Waals surface area contributed by atoms with Crippen LogP contribution >= 0.6 is 0 Å². The summed E-state index contributed by atoms with van der Waals surface area (Å²) in [5.74, 6) is 1.11. The van der Waals surface area contributed by atoms with Crippen molar-refractivity contribution >= 4 is 0 Å². The van der Waals surface area contributed by atoms with Crippen LogP contribution in [-0.4, -0.2) is 25.0 Å². The Kier molecular flexibility index (Phi) is 4.24. The molecule has 0 aromatic rings. The average Bonchev–Trinajstić information content (AvgIpc) is 2.17. The first-order valence-electron chi connectivity index (χ1n) is 5.34. The molecule has 1 atom stereocenters. The van der Waals surface area contributed by atoms with Gasteiger partial charge in [-0.1, -0.05) is 6.92 Å². The fraction of sp³-hybridized carbons (Fsp3) is 0.909. The summed E-state index contributed by atoms with van der Waals surface area (Å²) in [5, 5.41) is 8.85. The van der Waals surface area contributed by atoms with Crippen LogP contribution in [0.3, 0.4) is 0 Å². The third kappa shape index (κ3) is 3.36. The number of piperidine rings is 1. The van der Waals surface area contributed by atoms with Gasteiger partial charge in [0.1, 0.15) is 0 Å². The first kappa shape index (κ1) is 10.5. The van der Waals surface area contributed by atoms with Gasteiger partial charge in [0.25, 0.3) is 0 Å². The van der Waals surface area contributed by atoms with Crippen LogP contribution in [-0.2, 0) is 0 Å². The average molecular weight is 180 g/mol. The van der Waals surface area contributed by atoms with E-state index in [0.29, 0.717) is 5.92 Å². The summed E-state index contributed by atoms with van der Waals surface area (Å²) in [5.41, 5.74) is 0. The lowest BCUT2D eigenvalue weighted by Crippen LogP contribution is -2.30. The third-order valence-electron chi connectivity index (χ3n) is 3.13. The van der Waals surface area contributed by atoms with E-state index in [-0.39, 0.29) is 0 Å². The number of hydrogen-bond acceptors (Lipinski definition) is 2. The van der Waals surface area contributed by atoms with Crippen molar-refractivity contribution in [1.29, 1.82) is 5.26 Å². The van der Waals surface area contributed by atoms with E-state index in [1.54, 1.807) is 0 Å². The molecule has 1 rings (SSSR count). The Morgan fingerprint density at radius 3 is 2.54 bits per heavy atom. The highest BCUT2D eigenvalue weighted by molar-refractivity contribution is 4.84. The fourth-order valence-electron chi connectivity index (χ4n) is 2.01. The molecule has 0 saturated carbocycles. The highest BCUT2D eigenvalue weighted by atomic mass is 15.1. The molecule has 1 heterocycles. The summed E-state index contributed by atoms with van der Waals surface area (Å²) in [4.78, 5) is 2.38. The number of rotatable bonds is 3. The molecule has 2 nitrogen and oxygen atoms in total. The number of nitrogens with zero attached hydrogens (tertiary/aromatic N) is 2. The Hall–Kier alpha value is -0.550. The summed E-state index contributed by atoms with van der Waals surface area (Å²) in [6.07, 6.45) is 4.72. The zero-order valence-electron chi connectivity index (χ0n) is 8.79. The minimum Gasteiger partial charge on any atom is -0.306 e. The maximum Gasteiger partial charge on any atom is 0.0655 e. The lowest BCUT2D eigenvalue weighted by atomic mass is 9.87. The molecule has 0 radical (unpaired) electrons. The van der Waals surface area contributed by atoms with Crippen molar-refractivity contribution in [3.63, 3.8) is 0 Å².